The molecule has 0 unspecified atom stereocenters. The van der Waals surface area contributed by atoms with Gasteiger partial charge in [0.2, 0.25) is 0 Å². The number of aryl methyl sites for hydroxylation is 3. The van der Waals surface area contributed by atoms with E-state index in [0.717, 1.165) is 11.1 Å². The summed E-state index contributed by atoms with van der Waals surface area (Å²) in [5.41, 5.74) is 2.50. The fourth-order valence-corrected chi connectivity index (χ4v) is 2.13. The van der Waals surface area contributed by atoms with E-state index in [1.807, 2.05) is 26.0 Å². The van der Waals surface area contributed by atoms with E-state index in [2.05, 4.69) is 15.0 Å². The number of rotatable bonds is 3. The number of amides is 1. The minimum Gasteiger partial charge on any atom is -0.465 e. The third kappa shape index (κ3) is 3.48. The standard InChI is InChI=1S/C17H18N2O4/c1-9-5-6-12(7-10(9)2)19-16(21)14-8-13(17(22)23-4)11(3)18-15(14)20/h5-8H,1-4H3,(H,18,20)(H,19,21). The number of pyridine rings is 1. The van der Waals surface area contributed by atoms with Crippen molar-refractivity contribution >= 4 is 17.6 Å². The van der Waals surface area contributed by atoms with Crippen LogP contribution in [0, 0.1) is 20.8 Å². The first-order valence-electron chi connectivity index (χ1n) is 7.04. The maximum Gasteiger partial charge on any atom is 0.339 e. The van der Waals surface area contributed by atoms with Gasteiger partial charge in [-0.3, -0.25) is 9.59 Å². The molecule has 1 aromatic carbocycles. The lowest BCUT2D eigenvalue weighted by molar-refractivity contribution is 0.0599. The third-order valence-electron chi connectivity index (χ3n) is 3.65. The molecule has 120 valence electrons. The van der Waals surface area contributed by atoms with Crippen molar-refractivity contribution in [2.75, 3.05) is 12.4 Å². The molecular weight excluding hydrogens is 296 g/mol. The topological polar surface area (TPSA) is 88.3 Å². The first-order chi connectivity index (χ1) is 10.8. The minimum atomic E-state index is -0.612. The molecule has 0 radical (unpaired) electrons. The van der Waals surface area contributed by atoms with Crippen LogP contribution in [0.1, 0.15) is 37.5 Å². The molecule has 1 aromatic heterocycles. The summed E-state index contributed by atoms with van der Waals surface area (Å²) in [6.07, 6.45) is 0. The maximum absolute atomic E-state index is 12.3. The van der Waals surface area contributed by atoms with Crippen molar-refractivity contribution < 1.29 is 14.3 Å². The number of hydrogen-bond donors (Lipinski definition) is 2. The summed E-state index contributed by atoms with van der Waals surface area (Å²) >= 11 is 0. The summed E-state index contributed by atoms with van der Waals surface area (Å²) in [7, 11) is 1.24. The van der Waals surface area contributed by atoms with Crippen LogP contribution in [0.2, 0.25) is 0 Å². The average Bonchev–Trinajstić information content (AvgIpc) is 2.50. The van der Waals surface area contributed by atoms with Gasteiger partial charge in [-0.25, -0.2) is 4.79 Å². The number of benzene rings is 1. The van der Waals surface area contributed by atoms with Crippen LogP contribution >= 0.6 is 0 Å². The molecule has 6 heteroatoms. The van der Waals surface area contributed by atoms with Crippen molar-refractivity contribution in [3.63, 3.8) is 0 Å². The summed E-state index contributed by atoms with van der Waals surface area (Å²) in [6, 6.07) is 6.70. The molecule has 0 fully saturated rings. The van der Waals surface area contributed by atoms with E-state index in [0.29, 0.717) is 11.4 Å². The van der Waals surface area contributed by atoms with Crippen molar-refractivity contribution in [3.8, 4) is 0 Å². The monoisotopic (exact) mass is 314 g/mol. The molecule has 0 aliphatic rings. The lowest BCUT2D eigenvalue weighted by Crippen LogP contribution is -2.25. The summed E-state index contributed by atoms with van der Waals surface area (Å²) in [5, 5.41) is 2.66. The van der Waals surface area contributed by atoms with Gasteiger partial charge in [-0.15, -0.1) is 0 Å². The number of aromatic amines is 1. The van der Waals surface area contributed by atoms with Crippen LogP contribution in [0.25, 0.3) is 0 Å². The molecule has 2 aromatic rings. The Hall–Kier alpha value is -2.89. The van der Waals surface area contributed by atoms with Crippen LogP contribution < -0.4 is 10.9 Å². The average molecular weight is 314 g/mol. The maximum atomic E-state index is 12.3. The third-order valence-corrected chi connectivity index (χ3v) is 3.65. The molecule has 6 nitrogen and oxygen atoms in total. The Kier molecular flexibility index (Phi) is 4.64. The van der Waals surface area contributed by atoms with Gasteiger partial charge in [-0.05, 0) is 50.1 Å². The highest BCUT2D eigenvalue weighted by Crippen LogP contribution is 2.15. The van der Waals surface area contributed by atoms with Crippen molar-refractivity contribution in [1.82, 2.24) is 4.98 Å². The van der Waals surface area contributed by atoms with Crippen LogP contribution in [-0.4, -0.2) is 24.0 Å². The number of nitrogens with one attached hydrogen (secondary N) is 2. The molecule has 0 spiro atoms. The quantitative estimate of drug-likeness (QED) is 0.851. The highest BCUT2D eigenvalue weighted by Gasteiger charge is 2.18. The van der Waals surface area contributed by atoms with E-state index in [1.54, 1.807) is 13.0 Å². The van der Waals surface area contributed by atoms with Gasteiger partial charge in [0.15, 0.2) is 0 Å². The number of esters is 1. The van der Waals surface area contributed by atoms with E-state index in [4.69, 9.17) is 0 Å². The Labute approximate surface area is 133 Å². The predicted octanol–water partition coefficient (Wildman–Crippen LogP) is 2.34. The Morgan fingerprint density at radius 1 is 1.04 bits per heavy atom. The molecule has 2 rings (SSSR count). The number of aromatic nitrogens is 1. The van der Waals surface area contributed by atoms with Crippen LogP contribution in [-0.2, 0) is 4.74 Å². The number of carbonyl (C=O) groups excluding carboxylic acids is 2. The zero-order valence-corrected chi connectivity index (χ0v) is 13.4. The van der Waals surface area contributed by atoms with E-state index in [-0.39, 0.29) is 11.1 Å². The molecule has 0 aliphatic heterocycles. The van der Waals surface area contributed by atoms with Gasteiger partial charge in [0.05, 0.1) is 12.7 Å². The van der Waals surface area contributed by atoms with Crippen LogP contribution in [0.4, 0.5) is 5.69 Å². The SMILES string of the molecule is COC(=O)c1cc(C(=O)Nc2ccc(C)c(C)c2)c(=O)[nH]c1C. The zero-order valence-electron chi connectivity index (χ0n) is 13.4. The molecule has 1 heterocycles. The first-order valence-corrected chi connectivity index (χ1v) is 7.04. The van der Waals surface area contributed by atoms with Gasteiger partial charge in [0.1, 0.15) is 5.56 Å². The first kappa shape index (κ1) is 16.5. The molecular formula is C17H18N2O4. The van der Waals surface area contributed by atoms with Crippen molar-refractivity contribution in [3.05, 3.63) is 62.6 Å². The Balaban J connectivity index is 2.37. The molecule has 0 saturated heterocycles. The fourth-order valence-electron chi connectivity index (χ4n) is 2.13. The number of ether oxygens (including phenoxy) is 1. The van der Waals surface area contributed by atoms with E-state index in [1.165, 1.54) is 13.2 Å². The van der Waals surface area contributed by atoms with Gasteiger partial charge in [0, 0.05) is 11.4 Å². The zero-order chi connectivity index (χ0) is 17.1. The number of hydrogen-bond acceptors (Lipinski definition) is 4. The number of methoxy groups -OCH3 is 1. The molecule has 0 atom stereocenters. The van der Waals surface area contributed by atoms with Crippen LogP contribution in [0.5, 0.6) is 0 Å². The van der Waals surface area contributed by atoms with E-state index in [9.17, 15) is 14.4 Å². The fraction of sp³-hybridized carbons (Fsp3) is 0.235. The van der Waals surface area contributed by atoms with Gasteiger partial charge in [-0.1, -0.05) is 6.07 Å². The van der Waals surface area contributed by atoms with Gasteiger partial charge in [-0.2, -0.15) is 0 Å². The second kappa shape index (κ2) is 6.48. The van der Waals surface area contributed by atoms with Crippen LogP contribution in [0.15, 0.2) is 29.1 Å². The number of anilines is 1. The van der Waals surface area contributed by atoms with Crippen molar-refractivity contribution in [1.29, 1.82) is 0 Å². The normalized spacial score (nSPS) is 10.3. The van der Waals surface area contributed by atoms with Crippen molar-refractivity contribution in [2.24, 2.45) is 0 Å². The molecule has 23 heavy (non-hydrogen) atoms. The largest absolute Gasteiger partial charge is 0.465 e. The molecule has 1 amide bonds. The lowest BCUT2D eigenvalue weighted by Gasteiger charge is -2.09. The highest BCUT2D eigenvalue weighted by molar-refractivity contribution is 6.05. The minimum absolute atomic E-state index is 0.144. The summed E-state index contributed by atoms with van der Waals surface area (Å²) in [4.78, 5) is 38.5. The van der Waals surface area contributed by atoms with Crippen LogP contribution in [0.3, 0.4) is 0 Å². The van der Waals surface area contributed by atoms with Gasteiger partial charge < -0.3 is 15.0 Å². The second-order valence-electron chi connectivity index (χ2n) is 5.30. The Morgan fingerprint density at radius 2 is 1.74 bits per heavy atom. The summed E-state index contributed by atoms with van der Waals surface area (Å²) < 4.78 is 4.65. The highest BCUT2D eigenvalue weighted by atomic mass is 16.5. The summed E-state index contributed by atoms with van der Waals surface area (Å²) in [6.45, 7) is 5.46. The van der Waals surface area contributed by atoms with Gasteiger partial charge in [0.25, 0.3) is 11.5 Å². The Morgan fingerprint density at radius 3 is 2.35 bits per heavy atom. The lowest BCUT2D eigenvalue weighted by atomic mass is 10.1. The predicted molar refractivity (Wildman–Crippen MR) is 87.0 cm³/mol. The molecule has 0 bridgehead atoms. The van der Waals surface area contributed by atoms with Crippen molar-refractivity contribution in [2.45, 2.75) is 20.8 Å². The molecule has 2 N–H and O–H groups in total. The van der Waals surface area contributed by atoms with E-state index < -0.39 is 17.4 Å². The van der Waals surface area contributed by atoms with Gasteiger partial charge >= 0.3 is 5.97 Å². The molecule has 0 saturated carbocycles. The number of H-pyrrole nitrogens is 1. The second-order valence-corrected chi connectivity index (χ2v) is 5.30. The summed E-state index contributed by atoms with van der Waals surface area (Å²) in [5.74, 6) is -1.20. The van der Waals surface area contributed by atoms with E-state index >= 15 is 0 Å². The number of carbonyl (C=O) groups is 2. The Bertz CT molecular complexity index is 837. The smallest absolute Gasteiger partial charge is 0.339 e. The molecule has 0 aliphatic carbocycles.